The summed E-state index contributed by atoms with van der Waals surface area (Å²) >= 11 is 6.08. The van der Waals surface area contributed by atoms with Gasteiger partial charge in [-0.2, -0.15) is 0 Å². The lowest BCUT2D eigenvalue weighted by atomic mass is 9.97. The molecule has 3 rings (SSSR count). The lowest BCUT2D eigenvalue weighted by Gasteiger charge is -2.21. The Labute approximate surface area is 196 Å². The van der Waals surface area contributed by atoms with Gasteiger partial charge in [-0.25, -0.2) is 4.79 Å². The van der Waals surface area contributed by atoms with Gasteiger partial charge in [0.05, 0.1) is 6.61 Å². The molecule has 2 atom stereocenters. The molecular formula is C24H26ClN3O5. The maximum absolute atomic E-state index is 12.7. The fourth-order valence-corrected chi connectivity index (χ4v) is 3.64. The average molecular weight is 472 g/mol. The molecule has 1 amide bonds. The molecule has 174 valence electrons. The Balaban J connectivity index is 1.77. The van der Waals surface area contributed by atoms with Crippen LogP contribution < -0.4 is 10.9 Å². The Morgan fingerprint density at radius 2 is 1.88 bits per heavy atom. The number of aromatic nitrogens is 2. The van der Waals surface area contributed by atoms with E-state index in [9.17, 15) is 19.5 Å². The zero-order valence-electron chi connectivity index (χ0n) is 18.4. The normalized spacial score (nSPS) is 12.7. The number of rotatable bonds is 9. The number of hydrogen-bond acceptors (Lipinski definition) is 5. The number of benzene rings is 2. The Morgan fingerprint density at radius 3 is 2.48 bits per heavy atom. The highest BCUT2D eigenvalue weighted by molar-refractivity contribution is 6.30. The van der Waals surface area contributed by atoms with Crippen molar-refractivity contribution in [3.8, 4) is 11.1 Å². The second-order valence-electron chi connectivity index (χ2n) is 7.65. The molecule has 1 heterocycles. The molecule has 1 unspecified atom stereocenters. The zero-order chi connectivity index (χ0) is 24.0. The summed E-state index contributed by atoms with van der Waals surface area (Å²) in [7, 11) is 1.50. The number of hydrogen-bond donors (Lipinski definition) is 3. The van der Waals surface area contributed by atoms with E-state index in [1.54, 1.807) is 6.92 Å². The number of amides is 1. The van der Waals surface area contributed by atoms with Gasteiger partial charge < -0.3 is 15.2 Å². The molecule has 1 aromatic heterocycles. The zero-order valence-corrected chi connectivity index (χ0v) is 19.1. The highest BCUT2D eigenvalue weighted by Crippen LogP contribution is 2.23. The molecule has 0 radical (unpaired) electrons. The summed E-state index contributed by atoms with van der Waals surface area (Å²) in [4.78, 5) is 36.2. The number of nitrogens with one attached hydrogen (secondary N) is 2. The van der Waals surface area contributed by atoms with E-state index in [1.807, 2.05) is 48.5 Å². The predicted octanol–water partition coefficient (Wildman–Crippen LogP) is 2.69. The number of nitrogens with zero attached hydrogens (tertiary/aromatic N) is 1. The Morgan fingerprint density at radius 1 is 1.15 bits per heavy atom. The minimum Gasteiger partial charge on any atom is -0.464 e. The lowest BCUT2D eigenvalue weighted by molar-refractivity contribution is -0.153. The molecule has 33 heavy (non-hydrogen) atoms. The first-order valence-electron chi connectivity index (χ1n) is 10.5. The van der Waals surface area contributed by atoms with Gasteiger partial charge in [0.25, 0.3) is 11.5 Å². The smallest absolute Gasteiger partial charge is 0.335 e. The van der Waals surface area contributed by atoms with E-state index >= 15 is 0 Å². The van der Waals surface area contributed by atoms with E-state index in [-0.39, 0.29) is 24.3 Å². The van der Waals surface area contributed by atoms with Gasteiger partial charge in [-0.15, -0.1) is 0 Å². The van der Waals surface area contributed by atoms with Gasteiger partial charge in [0.1, 0.15) is 5.69 Å². The number of esters is 1. The SMILES string of the molecule is CCOC(=O)C(O)C[C@@H](Cc1ccc(-c2cccc(Cl)c2)cc1)NC(=O)c1cc(=O)n(C)[nH]1. The second-order valence-corrected chi connectivity index (χ2v) is 8.09. The minimum atomic E-state index is -1.39. The van der Waals surface area contributed by atoms with Crippen LogP contribution in [0.3, 0.4) is 0 Å². The number of ether oxygens (including phenoxy) is 1. The fourth-order valence-electron chi connectivity index (χ4n) is 3.45. The quantitative estimate of drug-likeness (QED) is 0.415. The van der Waals surface area contributed by atoms with Crippen molar-refractivity contribution < 1.29 is 19.4 Å². The van der Waals surface area contributed by atoms with Crippen LogP contribution in [0.1, 0.15) is 29.4 Å². The standard InChI is InChI=1S/C24H26ClN3O5/c1-3-33-24(32)21(29)13-19(26-23(31)20-14-22(30)28(2)27-20)11-15-7-9-16(10-8-15)17-5-4-6-18(25)12-17/h4-10,12,14,19,21,27,29H,3,11,13H2,1-2H3,(H,26,31)/t19-,21?/m1/s1. The van der Waals surface area contributed by atoms with Gasteiger partial charge in [-0.05, 0) is 42.2 Å². The first-order valence-corrected chi connectivity index (χ1v) is 10.9. The maximum atomic E-state index is 12.7. The molecule has 3 N–H and O–H groups in total. The van der Waals surface area contributed by atoms with Crippen molar-refractivity contribution >= 4 is 23.5 Å². The van der Waals surface area contributed by atoms with Crippen molar-refractivity contribution in [1.29, 1.82) is 0 Å². The summed E-state index contributed by atoms with van der Waals surface area (Å²) in [5.41, 5.74) is 2.60. The van der Waals surface area contributed by atoms with Crippen LogP contribution in [0.15, 0.2) is 59.4 Å². The second kappa shape index (κ2) is 11.0. The Bertz CT molecular complexity index is 1170. The summed E-state index contributed by atoms with van der Waals surface area (Å²) in [6.07, 6.45) is -1.08. The van der Waals surface area contributed by atoms with Crippen molar-refractivity contribution in [3.05, 3.63) is 81.2 Å². The molecule has 0 aliphatic heterocycles. The van der Waals surface area contributed by atoms with Crippen molar-refractivity contribution in [1.82, 2.24) is 15.1 Å². The molecule has 0 saturated heterocycles. The molecule has 8 nitrogen and oxygen atoms in total. The van der Waals surface area contributed by atoms with Gasteiger partial charge in [0.2, 0.25) is 0 Å². The summed E-state index contributed by atoms with van der Waals surface area (Å²) in [5, 5.41) is 16.4. The van der Waals surface area contributed by atoms with E-state index in [2.05, 4.69) is 10.4 Å². The summed E-state index contributed by atoms with van der Waals surface area (Å²) in [6, 6.07) is 15.8. The molecule has 0 spiro atoms. The molecule has 0 aliphatic rings. The third-order valence-electron chi connectivity index (χ3n) is 5.13. The van der Waals surface area contributed by atoms with Crippen molar-refractivity contribution in [2.75, 3.05) is 6.61 Å². The van der Waals surface area contributed by atoms with E-state index in [0.717, 1.165) is 16.7 Å². The van der Waals surface area contributed by atoms with Crippen LogP contribution >= 0.6 is 11.6 Å². The molecule has 0 bridgehead atoms. The highest BCUT2D eigenvalue weighted by atomic mass is 35.5. The van der Waals surface area contributed by atoms with Crippen molar-refractivity contribution in [2.24, 2.45) is 7.05 Å². The summed E-state index contributed by atoms with van der Waals surface area (Å²) in [6.45, 7) is 1.79. The van der Waals surface area contributed by atoms with Gasteiger partial charge in [-0.1, -0.05) is 48.0 Å². The van der Waals surface area contributed by atoms with Gasteiger partial charge in [0, 0.05) is 30.6 Å². The average Bonchev–Trinajstić information content (AvgIpc) is 3.13. The monoisotopic (exact) mass is 471 g/mol. The maximum Gasteiger partial charge on any atom is 0.335 e. The minimum absolute atomic E-state index is 0.0440. The number of carbonyl (C=O) groups excluding carboxylic acids is 2. The molecule has 0 aliphatic carbocycles. The number of aliphatic hydroxyl groups excluding tert-OH is 1. The molecule has 0 saturated carbocycles. The van der Waals surface area contributed by atoms with Gasteiger partial charge >= 0.3 is 5.97 Å². The summed E-state index contributed by atoms with van der Waals surface area (Å²) in [5.74, 6) is -1.26. The van der Waals surface area contributed by atoms with Crippen LogP contribution in [0.2, 0.25) is 5.02 Å². The van der Waals surface area contributed by atoms with Crippen molar-refractivity contribution in [3.63, 3.8) is 0 Å². The van der Waals surface area contributed by atoms with Crippen molar-refractivity contribution in [2.45, 2.75) is 31.9 Å². The number of aliphatic hydroxyl groups is 1. The van der Waals surface area contributed by atoms with E-state index in [4.69, 9.17) is 16.3 Å². The first-order chi connectivity index (χ1) is 15.8. The van der Waals surface area contributed by atoms with E-state index in [1.165, 1.54) is 17.8 Å². The van der Waals surface area contributed by atoms with Gasteiger partial charge in [-0.3, -0.25) is 19.4 Å². The van der Waals surface area contributed by atoms with Crippen LogP contribution in [0.5, 0.6) is 0 Å². The van der Waals surface area contributed by atoms with Crippen LogP contribution in [0.25, 0.3) is 11.1 Å². The number of carbonyl (C=O) groups is 2. The van der Waals surface area contributed by atoms with E-state index in [0.29, 0.717) is 11.4 Å². The number of halogens is 1. The molecule has 0 fully saturated rings. The van der Waals surface area contributed by atoms with Crippen LogP contribution in [0.4, 0.5) is 0 Å². The van der Waals surface area contributed by atoms with Crippen LogP contribution in [-0.4, -0.2) is 45.5 Å². The van der Waals surface area contributed by atoms with E-state index < -0.39 is 24.0 Å². The topological polar surface area (TPSA) is 113 Å². The number of aromatic amines is 1. The highest BCUT2D eigenvalue weighted by Gasteiger charge is 2.24. The number of aryl methyl sites for hydroxylation is 1. The number of H-pyrrole nitrogens is 1. The third kappa shape index (κ3) is 6.57. The molecule has 3 aromatic rings. The van der Waals surface area contributed by atoms with Crippen LogP contribution in [-0.2, 0) is 23.0 Å². The Hall–Kier alpha value is -3.36. The Kier molecular flexibility index (Phi) is 8.08. The summed E-state index contributed by atoms with van der Waals surface area (Å²) < 4.78 is 6.06. The molecular weight excluding hydrogens is 446 g/mol. The largest absolute Gasteiger partial charge is 0.464 e. The third-order valence-corrected chi connectivity index (χ3v) is 5.36. The molecule has 2 aromatic carbocycles. The fraction of sp³-hybridized carbons (Fsp3) is 0.292. The molecule has 9 heteroatoms. The predicted molar refractivity (Wildman–Crippen MR) is 125 cm³/mol. The lowest BCUT2D eigenvalue weighted by Crippen LogP contribution is -2.41. The van der Waals surface area contributed by atoms with Gasteiger partial charge in [0.15, 0.2) is 6.10 Å². The van der Waals surface area contributed by atoms with Crippen LogP contribution in [0, 0.1) is 0 Å². The first kappa shape index (κ1) is 24.3.